The fourth-order valence-electron chi connectivity index (χ4n) is 3.56. The molecule has 0 bridgehead atoms. The van der Waals surface area contributed by atoms with Crippen LogP contribution in [0.2, 0.25) is 0 Å². The minimum atomic E-state index is 0.419. The summed E-state index contributed by atoms with van der Waals surface area (Å²) in [6.07, 6.45) is 6.50. The Morgan fingerprint density at radius 2 is 1.91 bits per heavy atom. The largest absolute Gasteiger partial charge is 0.357 e. The molecule has 2 aliphatic heterocycles. The Morgan fingerprint density at radius 1 is 1.18 bits per heavy atom. The van der Waals surface area contributed by atoms with Gasteiger partial charge in [-0.15, -0.1) is 0 Å². The van der Waals surface area contributed by atoms with Crippen molar-refractivity contribution in [2.75, 3.05) is 39.3 Å². The van der Waals surface area contributed by atoms with Crippen LogP contribution in [-0.2, 0) is 0 Å². The predicted molar refractivity (Wildman–Crippen MR) is 95.5 cm³/mol. The molecule has 1 N–H and O–H groups in total. The summed E-state index contributed by atoms with van der Waals surface area (Å²) < 4.78 is 0. The van der Waals surface area contributed by atoms with E-state index in [4.69, 9.17) is 4.99 Å². The van der Waals surface area contributed by atoms with E-state index < -0.39 is 0 Å². The molecule has 0 amide bonds. The maximum absolute atomic E-state index is 4.87. The van der Waals surface area contributed by atoms with E-state index in [2.05, 4.69) is 42.8 Å². The van der Waals surface area contributed by atoms with Crippen LogP contribution in [0.15, 0.2) is 4.99 Å². The van der Waals surface area contributed by atoms with Gasteiger partial charge in [-0.2, -0.15) is 0 Å². The van der Waals surface area contributed by atoms with Gasteiger partial charge in [0.05, 0.1) is 0 Å². The number of nitrogens with zero attached hydrogens (tertiary/aromatic N) is 3. The zero-order valence-electron chi connectivity index (χ0n) is 15.2. The molecule has 2 aliphatic rings. The van der Waals surface area contributed by atoms with Crippen molar-refractivity contribution in [1.29, 1.82) is 0 Å². The van der Waals surface area contributed by atoms with E-state index in [9.17, 15) is 0 Å². The fraction of sp³-hybridized carbons (Fsp3) is 0.944. The van der Waals surface area contributed by atoms with Crippen LogP contribution in [0.5, 0.6) is 0 Å². The van der Waals surface area contributed by atoms with Crippen molar-refractivity contribution in [2.45, 2.75) is 65.8 Å². The first-order chi connectivity index (χ1) is 10.5. The average Bonchev–Trinajstić information content (AvgIpc) is 3.10. The van der Waals surface area contributed by atoms with Gasteiger partial charge in [0, 0.05) is 32.2 Å². The average molecular weight is 309 g/mol. The van der Waals surface area contributed by atoms with Gasteiger partial charge in [0.15, 0.2) is 5.96 Å². The molecule has 2 heterocycles. The summed E-state index contributed by atoms with van der Waals surface area (Å²) in [7, 11) is 0. The Bertz CT molecular complexity index is 353. The molecule has 22 heavy (non-hydrogen) atoms. The summed E-state index contributed by atoms with van der Waals surface area (Å²) in [6, 6.07) is 0.751. The zero-order valence-corrected chi connectivity index (χ0v) is 15.2. The highest BCUT2D eigenvalue weighted by Gasteiger charge is 2.30. The van der Waals surface area contributed by atoms with Gasteiger partial charge in [-0.05, 0) is 57.5 Å². The highest BCUT2D eigenvalue weighted by atomic mass is 15.3. The standard InChI is InChI=1S/C18H36N4/c1-5-19-17(20-11-8-10-18(2,3)4)22-14-9-16(15-22)21-12-6-7-13-21/h16H,5-15H2,1-4H3,(H,19,20). The maximum atomic E-state index is 4.87. The second-order valence-electron chi connectivity index (χ2n) is 8.03. The molecule has 128 valence electrons. The van der Waals surface area contributed by atoms with E-state index in [1.54, 1.807) is 0 Å². The van der Waals surface area contributed by atoms with E-state index in [-0.39, 0.29) is 0 Å². The summed E-state index contributed by atoms with van der Waals surface area (Å²) in [5.74, 6) is 1.14. The molecule has 2 saturated heterocycles. The van der Waals surface area contributed by atoms with Crippen molar-refractivity contribution in [1.82, 2.24) is 15.1 Å². The van der Waals surface area contributed by atoms with Crippen molar-refractivity contribution in [2.24, 2.45) is 10.4 Å². The zero-order chi connectivity index (χ0) is 16.0. The summed E-state index contributed by atoms with van der Waals surface area (Å²) >= 11 is 0. The molecule has 2 fully saturated rings. The van der Waals surface area contributed by atoms with Gasteiger partial charge in [-0.3, -0.25) is 9.89 Å². The molecular formula is C18H36N4. The number of rotatable bonds is 5. The lowest BCUT2D eigenvalue weighted by atomic mass is 9.91. The Balaban J connectivity index is 1.82. The van der Waals surface area contributed by atoms with E-state index in [1.807, 2.05) is 0 Å². The number of aliphatic imine (C=N–C) groups is 1. The molecule has 0 aromatic rings. The summed E-state index contributed by atoms with van der Waals surface area (Å²) in [5.41, 5.74) is 0.419. The lowest BCUT2D eigenvalue weighted by molar-refractivity contribution is 0.249. The highest BCUT2D eigenvalue weighted by molar-refractivity contribution is 5.80. The van der Waals surface area contributed by atoms with E-state index in [1.165, 1.54) is 45.2 Å². The van der Waals surface area contributed by atoms with Gasteiger partial charge < -0.3 is 10.2 Å². The van der Waals surface area contributed by atoms with Crippen LogP contribution in [-0.4, -0.2) is 61.1 Å². The van der Waals surface area contributed by atoms with Gasteiger partial charge in [0.1, 0.15) is 0 Å². The number of likely N-dealkylation sites (tertiary alicyclic amines) is 2. The normalized spacial score (nSPS) is 24.3. The molecule has 2 rings (SSSR count). The van der Waals surface area contributed by atoms with Gasteiger partial charge in [0.25, 0.3) is 0 Å². The van der Waals surface area contributed by atoms with Gasteiger partial charge in [0.2, 0.25) is 0 Å². The molecule has 1 atom stereocenters. The minimum Gasteiger partial charge on any atom is -0.357 e. The smallest absolute Gasteiger partial charge is 0.193 e. The van der Waals surface area contributed by atoms with Crippen LogP contribution in [0.4, 0.5) is 0 Å². The topological polar surface area (TPSA) is 30.9 Å². The first kappa shape index (κ1) is 17.6. The quantitative estimate of drug-likeness (QED) is 0.481. The van der Waals surface area contributed by atoms with Crippen LogP contribution in [0, 0.1) is 5.41 Å². The van der Waals surface area contributed by atoms with Gasteiger partial charge >= 0.3 is 0 Å². The predicted octanol–water partition coefficient (Wildman–Crippen LogP) is 2.95. The number of hydrogen-bond acceptors (Lipinski definition) is 2. The SMILES string of the molecule is CCNC(=NCCCC(C)(C)C)N1CCC(N2CCCC2)C1. The summed E-state index contributed by atoms with van der Waals surface area (Å²) in [6.45, 7) is 15.9. The minimum absolute atomic E-state index is 0.419. The van der Waals surface area contributed by atoms with Crippen LogP contribution >= 0.6 is 0 Å². The van der Waals surface area contributed by atoms with Gasteiger partial charge in [-0.1, -0.05) is 20.8 Å². The van der Waals surface area contributed by atoms with Crippen molar-refractivity contribution in [3.8, 4) is 0 Å². The third kappa shape index (κ3) is 5.45. The van der Waals surface area contributed by atoms with Crippen molar-refractivity contribution >= 4 is 5.96 Å². The van der Waals surface area contributed by atoms with Crippen LogP contribution in [0.1, 0.15) is 59.8 Å². The molecule has 0 radical (unpaired) electrons. The van der Waals surface area contributed by atoms with E-state index >= 15 is 0 Å². The Labute approximate surface area is 137 Å². The van der Waals surface area contributed by atoms with Gasteiger partial charge in [-0.25, -0.2) is 0 Å². The molecule has 0 saturated carbocycles. The first-order valence-electron chi connectivity index (χ1n) is 9.27. The maximum Gasteiger partial charge on any atom is 0.193 e. The Hall–Kier alpha value is -0.770. The van der Waals surface area contributed by atoms with Crippen molar-refractivity contribution in [3.63, 3.8) is 0 Å². The molecule has 1 unspecified atom stereocenters. The third-order valence-electron chi connectivity index (χ3n) is 4.80. The molecule has 0 spiro atoms. The number of nitrogens with one attached hydrogen (secondary N) is 1. The molecule has 4 nitrogen and oxygen atoms in total. The number of guanidine groups is 1. The van der Waals surface area contributed by atoms with Crippen LogP contribution in [0.3, 0.4) is 0 Å². The summed E-state index contributed by atoms with van der Waals surface area (Å²) in [5, 5.41) is 3.49. The molecule has 4 heteroatoms. The van der Waals surface area contributed by atoms with Crippen LogP contribution in [0.25, 0.3) is 0 Å². The second kappa shape index (κ2) is 8.19. The molecule has 0 aromatic carbocycles. The fourth-order valence-corrected chi connectivity index (χ4v) is 3.56. The second-order valence-corrected chi connectivity index (χ2v) is 8.03. The third-order valence-corrected chi connectivity index (χ3v) is 4.80. The Kier molecular flexibility index (Phi) is 6.54. The Morgan fingerprint density at radius 3 is 2.55 bits per heavy atom. The molecular weight excluding hydrogens is 272 g/mol. The van der Waals surface area contributed by atoms with Crippen molar-refractivity contribution < 1.29 is 0 Å². The van der Waals surface area contributed by atoms with E-state index in [0.29, 0.717) is 5.41 Å². The number of hydrogen-bond donors (Lipinski definition) is 1. The monoisotopic (exact) mass is 308 g/mol. The van der Waals surface area contributed by atoms with E-state index in [0.717, 1.165) is 38.2 Å². The molecule has 0 aliphatic carbocycles. The highest BCUT2D eigenvalue weighted by Crippen LogP contribution is 2.21. The van der Waals surface area contributed by atoms with Crippen molar-refractivity contribution in [3.05, 3.63) is 0 Å². The molecule has 0 aromatic heterocycles. The lowest BCUT2D eigenvalue weighted by Gasteiger charge is -2.25. The first-order valence-corrected chi connectivity index (χ1v) is 9.27. The summed E-state index contributed by atoms with van der Waals surface area (Å²) in [4.78, 5) is 10.0. The lowest BCUT2D eigenvalue weighted by Crippen LogP contribution is -2.42. The van der Waals surface area contributed by atoms with Crippen LogP contribution < -0.4 is 5.32 Å².